The van der Waals surface area contributed by atoms with E-state index in [1.54, 1.807) is 7.11 Å². The van der Waals surface area contributed by atoms with Crippen LogP contribution in [0, 0.1) is 0 Å². The Balaban J connectivity index is 2.21. The molecule has 0 fully saturated rings. The zero-order chi connectivity index (χ0) is 14.5. The smallest absolute Gasteiger partial charge is 0.104 e. The molecule has 1 unspecified atom stereocenters. The molecule has 0 aliphatic heterocycles. The van der Waals surface area contributed by atoms with E-state index >= 15 is 0 Å². The molecule has 0 saturated heterocycles. The zero-order valence-corrected chi connectivity index (χ0v) is 13.6. The number of ether oxygens (including phenoxy) is 2. The Bertz CT molecular complexity index is 563. The first-order valence-corrected chi connectivity index (χ1v) is 8.24. The Labute approximate surface area is 125 Å². The van der Waals surface area contributed by atoms with E-state index < -0.39 is 0 Å². The minimum atomic E-state index is 0.285. The van der Waals surface area contributed by atoms with Gasteiger partial charge in [-0.25, -0.2) is 0 Å². The number of hydrogen-bond donors (Lipinski definition) is 0. The van der Waals surface area contributed by atoms with Crippen LogP contribution < -0.4 is 10.4 Å². The van der Waals surface area contributed by atoms with Crippen LogP contribution in [0.5, 0.6) is 0 Å². The van der Waals surface area contributed by atoms with E-state index in [0.29, 0.717) is 6.10 Å². The van der Waals surface area contributed by atoms with Gasteiger partial charge in [0.25, 0.3) is 0 Å². The van der Waals surface area contributed by atoms with E-state index in [2.05, 4.69) is 45.0 Å². The van der Waals surface area contributed by atoms with Gasteiger partial charge in [-0.15, -0.1) is 11.8 Å². The molecule has 0 amide bonds. The first-order chi connectivity index (χ1) is 9.61. The van der Waals surface area contributed by atoms with Crippen LogP contribution in [-0.2, 0) is 9.47 Å². The molecule has 0 radical (unpaired) electrons. The molecule has 0 spiro atoms. The average molecular weight is 292 g/mol. The topological polar surface area (TPSA) is 18.5 Å². The molecule has 1 atom stereocenters. The lowest BCUT2D eigenvalue weighted by atomic mass is 10.1. The fourth-order valence-electron chi connectivity index (χ4n) is 2.55. The van der Waals surface area contributed by atoms with Gasteiger partial charge in [0.15, 0.2) is 0 Å². The molecular formula is C17H24O2S. The summed E-state index contributed by atoms with van der Waals surface area (Å²) in [5.74, 6) is 2.11. The van der Waals surface area contributed by atoms with E-state index in [4.69, 9.17) is 9.47 Å². The lowest BCUT2D eigenvalue weighted by Gasteiger charge is -2.19. The first kappa shape index (κ1) is 15.5. The van der Waals surface area contributed by atoms with E-state index in [9.17, 15) is 0 Å². The molecule has 0 N–H and O–H groups in total. The Hall–Kier alpha value is -0.930. The van der Waals surface area contributed by atoms with E-state index in [-0.39, 0.29) is 6.10 Å². The third-order valence-electron chi connectivity index (χ3n) is 3.35. The highest BCUT2D eigenvalue weighted by atomic mass is 32.2. The number of thioether (sulfide) groups is 1. The molecule has 1 aromatic carbocycles. The van der Waals surface area contributed by atoms with Crippen molar-refractivity contribution in [1.29, 1.82) is 0 Å². The molecule has 1 aliphatic rings. The predicted molar refractivity (Wildman–Crippen MR) is 86.9 cm³/mol. The maximum atomic E-state index is 5.81. The van der Waals surface area contributed by atoms with Gasteiger partial charge in [-0.1, -0.05) is 24.3 Å². The molecule has 0 saturated carbocycles. The number of methoxy groups -OCH3 is 1. The van der Waals surface area contributed by atoms with Crippen LogP contribution >= 0.6 is 11.8 Å². The van der Waals surface area contributed by atoms with Gasteiger partial charge in [0.2, 0.25) is 0 Å². The van der Waals surface area contributed by atoms with E-state index in [1.807, 2.05) is 11.8 Å². The molecule has 0 bridgehead atoms. The SMILES string of the molecule is COC1=c2ccccc2=C(SCC(C)OC(C)C)CC1. The Kier molecular flexibility index (Phi) is 5.55. The fraction of sp³-hybridized carbons (Fsp3) is 0.529. The average Bonchev–Trinajstić information content (AvgIpc) is 2.44. The van der Waals surface area contributed by atoms with Crippen LogP contribution in [0.4, 0.5) is 0 Å². The molecule has 110 valence electrons. The van der Waals surface area contributed by atoms with Crippen LogP contribution in [0.25, 0.3) is 10.7 Å². The molecule has 0 aromatic heterocycles. The second kappa shape index (κ2) is 7.19. The van der Waals surface area contributed by atoms with Gasteiger partial charge in [0.1, 0.15) is 5.76 Å². The third kappa shape index (κ3) is 3.80. The lowest BCUT2D eigenvalue weighted by molar-refractivity contribution is 0.0328. The summed E-state index contributed by atoms with van der Waals surface area (Å²) in [5.41, 5.74) is 0. The maximum Gasteiger partial charge on any atom is 0.104 e. The third-order valence-corrected chi connectivity index (χ3v) is 4.76. The van der Waals surface area contributed by atoms with Crippen LogP contribution in [0.2, 0.25) is 0 Å². The Morgan fingerprint density at radius 1 is 1.10 bits per heavy atom. The van der Waals surface area contributed by atoms with Gasteiger partial charge in [-0.05, 0) is 37.3 Å². The quantitative estimate of drug-likeness (QED) is 0.803. The summed E-state index contributed by atoms with van der Waals surface area (Å²) < 4.78 is 11.3. The van der Waals surface area contributed by atoms with Crippen molar-refractivity contribution in [3.05, 3.63) is 34.7 Å². The highest BCUT2D eigenvalue weighted by Crippen LogP contribution is 2.26. The minimum absolute atomic E-state index is 0.285. The lowest BCUT2D eigenvalue weighted by Crippen LogP contribution is -2.32. The van der Waals surface area contributed by atoms with Crippen molar-refractivity contribution in [2.45, 2.75) is 45.8 Å². The highest BCUT2D eigenvalue weighted by Gasteiger charge is 2.13. The second-order valence-electron chi connectivity index (χ2n) is 5.40. The van der Waals surface area contributed by atoms with E-state index in [1.165, 1.54) is 15.3 Å². The number of fused-ring (bicyclic) bond motifs is 1. The molecule has 1 aliphatic carbocycles. The van der Waals surface area contributed by atoms with Gasteiger partial charge in [0, 0.05) is 17.4 Å². The van der Waals surface area contributed by atoms with Crippen molar-refractivity contribution in [2.75, 3.05) is 12.9 Å². The first-order valence-electron chi connectivity index (χ1n) is 7.25. The standard InChI is InChI=1S/C17H24O2S/c1-12(2)19-13(3)11-20-17-10-9-16(18-4)14-7-5-6-8-15(14)17/h5-8,12-13H,9-11H2,1-4H3. The Morgan fingerprint density at radius 2 is 1.80 bits per heavy atom. The number of benzene rings is 1. The van der Waals surface area contributed by atoms with Crippen molar-refractivity contribution in [3.8, 4) is 0 Å². The van der Waals surface area contributed by atoms with Crippen LogP contribution in [0.15, 0.2) is 24.3 Å². The predicted octanol–water partition coefficient (Wildman–Crippen LogP) is 2.89. The number of hydrogen-bond acceptors (Lipinski definition) is 3. The monoisotopic (exact) mass is 292 g/mol. The van der Waals surface area contributed by atoms with Gasteiger partial charge in [0.05, 0.1) is 19.3 Å². The van der Waals surface area contributed by atoms with Crippen LogP contribution in [-0.4, -0.2) is 25.1 Å². The number of rotatable bonds is 6. The van der Waals surface area contributed by atoms with Crippen LogP contribution in [0.3, 0.4) is 0 Å². The second-order valence-corrected chi connectivity index (χ2v) is 6.52. The van der Waals surface area contributed by atoms with Gasteiger partial charge < -0.3 is 9.47 Å². The van der Waals surface area contributed by atoms with E-state index in [0.717, 1.165) is 24.4 Å². The molecule has 1 aromatic rings. The molecule has 3 heteroatoms. The molecule has 2 rings (SSSR count). The van der Waals surface area contributed by atoms with Gasteiger partial charge in [-0.2, -0.15) is 0 Å². The molecule has 20 heavy (non-hydrogen) atoms. The van der Waals surface area contributed by atoms with Crippen molar-refractivity contribution in [3.63, 3.8) is 0 Å². The van der Waals surface area contributed by atoms with Crippen LogP contribution in [0.1, 0.15) is 33.6 Å². The summed E-state index contributed by atoms with van der Waals surface area (Å²) in [5, 5.41) is 2.58. The fourth-order valence-corrected chi connectivity index (χ4v) is 3.64. The van der Waals surface area contributed by atoms with Gasteiger partial charge >= 0.3 is 0 Å². The summed E-state index contributed by atoms with van der Waals surface area (Å²) in [7, 11) is 1.77. The van der Waals surface area contributed by atoms with Crippen molar-refractivity contribution >= 4 is 22.4 Å². The normalized spacial score (nSPS) is 16.2. The summed E-state index contributed by atoms with van der Waals surface area (Å²) in [6.45, 7) is 6.32. The summed E-state index contributed by atoms with van der Waals surface area (Å²) in [4.78, 5) is 1.46. The maximum absolute atomic E-state index is 5.81. The highest BCUT2D eigenvalue weighted by molar-refractivity contribution is 8.07. The van der Waals surface area contributed by atoms with Crippen molar-refractivity contribution in [2.24, 2.45) is 0 Å². The summed E-state index contributed by atoms with van der Waals surface area (Å²) >= 11 is 1.93. The molecular weight excluding hydrogens is 268 g/mol. The minimum Gasteiger partial charge on any atom is -0.500 e. The summed E-state index contributed by atoms with van der Waals surface area (Å²) in [6.07, 6.45) is 2.64. The van der Waals surface area contributed by atoms with Crippen molar-refractivity contribution in [1.82, 2.24) is 0 Å². The van der Waals surface area contributed by atoms with Crippen molar-refractivity contribution < 1.29 is 9.47 Å². The molecule has 0 heterocycles. The Morgan fingerprint density at radius 3 is 2.45 bits per heavy atom. The zero-order valence-electron chi connectivity index (χ0n) is 12.8. The largest absolute Gasteiger partial charge is 0.500 e. The summed E-state index contributed by atoms with van der Waals surface area (Å²) in [6, 6.07) is 8.54. The molecule has 2 nitrogen and oxygen atoms in total. The van der Waals surface area contributed by atoms with Gasteiger partial charge in [-0.3, -0.25) is 0 Å².